The predicted octanol–water partition coefficient (Wildman–Crippen LogP) is 5.38. The zero-order valence-corrected chi connectivity index (χ0v) is 34.7. The van der Waals surface area contributed by atoms with Crippen molar-refractivity contribution in [2.24, 2.45) is 0 Å². The van der Waals surface area contributed by atoms with E-state index in [4.69, 9.17) is 9.68 Å². The molecule has 0 saturated heterocycles. The summed E-state index contributed by atoms with van der Waals surface area (Å²) in [6, 6.07) is 36.7. The molecule has 0 atom stereocenters. The average molecular weight is 782 g/mol. The highest BCUT2D eigenvalue weighted by atomic mass is 16.5. The first-order valence-electron chi connectivity index (χ1n) is 19.5. The maximum absolute atomic E-state index is 13.9. The minimum Gasteiger partial charge on any atom is -0.537 e. The van der Waals surface area contributed by atoms with Crippen molar-refractivity contribution in [2.45, 2.75) is 65.5 Å². The van der Waals surface area contributed by atoms with Crippen LogP contribution in [0.25, 0.3) is 0 Å². The molecule has 2 amide bonds. The Hall–Kier alpha value is -5.23. The minimum atomic E-state index is -1.51. The fourth-order valence-corrected chi connectivity index (χ4v) is 7.15. The van der Waals surface area contributed by atoms with Crippen molar-refractivity contribution in [1.82, 2.24) is 19.6 Å². The first-order chi connectivity index (χ1) is 27.6. The Morgan fingerprint density at radius 1 is 0.603 bits per heavy atom. The Kier molecular flexibility index (Phi) is 15.1. The van der Waals surface area contributed by atoms with E-state index < -0.39 is 7.12 Å². The SMILES string of the molecule is CN(Cc1ccc(CN(C)C(=O)c2ccc(C(=O)N(C)Cc3ccc(CN(C)Cc4ccccc4B(O)O)cc3)cc2C(C)(C)C)cc1)Cc1ccccc1O[B]O. The van der Waals surface area contributed by atoms with Crippen LogP contribution < -0.4 is 10.1 Å². The topological polar surface area (TPSA) is 117 Å². The van der Waals surface area contributed by atoms with Gasteiger partial charge in [-0.15, -0.1) is 0 Å². The van der Waals surface area contributed by atoms with Crippen LogP contribution in [0.4, 0.5) is 0 Å². The normalized spacial score (nSPS) is 11.4. The average Bonchev–Trinajstić information content (AvgIpc) is 3.19. The summed E-state index contributed by atoms with van der Waals surface area (Å²) in [6.45, 7) is 9.61. The maximum atomic E-state index is 13.9. The summed E-state index contributed by atoms with van der Waals surface area (Å²) in [5.41, 5.74) is 8.11. The molecule has 12 heteroatoms. The lowest BCUT2D eigenvalue weighted by Crippen LogP contribution is -2.34. The highest BCUT2D eigenvalue weighted by molar-refractivity contribution is 6.59. The van der Waals surface area contributed by atoms with Crippen molar-refractivity contribution in [2.75, 3.05) is 28.2 Å². The smallest absolute Gasteiger partial charge is 0.537 e. The lowest BCUT2D eigenvalue weighted by Gasteiger charge is -2.27. The van der Waals surface area contributed by atoms with E-state index in [1.807, 2.05) is 80.8 Å². The molecule has 0 saturated carbocycles. The highest BCUT2D eigenvalue weighted by Gasteiger charge is 2.26. The molecule has 5 aromatic carbocycles. The molecule has 5 aromatic rings. The lowest BCUT2D eigenvalue weighted by molar-refractivity contribution is 0.0771. The molecule has 0 aromatic heterocycles. The molecule has 0 bridgehead atoms. The number of carbonyl (C=O) groups excluding carboxylic acids is 2. The van der Waals surface area contributed by atoms with Gasteiger partial charge in [-0.25, -0.2) is 0 Å². The van der Waals surface area contributed by atoms with Crippen molar-refractivity contribution >= 4 is 32.1 Å². The number of amides is 2. The van der Waals surface area contributed by atoms with Crippen molar-refractivity contribution in [3.05, 3.63) is 165 Å². The van der Waals surface area contributed by atoms with E-state index in [0.717, 1.165) is 38.9 Å². The molecule has 0 spiro atoms. The van der Waals surface area contributed by atoms with Gasteiger partial charge in [-0.3, -0.25) is 19.4 Å². The van der Waals surface area contributed by atoms with Crippen LogP contribution in [0.15, 0.2) is 115 Å². The number of nitrogens with zero attached hydrogens (tertiary/aromatic N) is 4. The van der Waals surface area contributed by atoms with Crippen LogP contribution in [0.1, 0.15) is 80.4 Å². The fraction of sp³-hybridized carbons (Fsp3) is 0.304. The molecule has 10 nitrogen and oxygen atoms in total. The van der Waals surface area contributed by atoms with Crippen LogP contribution in [0.2, 0.25) is 0 Å². The minimum absolute atomic E-state index is 0.108. The van der Waals surface area contributed by atoms with Gasteiger partial charge < -0.3 is 29.5 Å². The number of hydrogen-bond donors (Lipinski definition) is 3. The van der Waals surface area contributed by atoms with E-state index in [1.165, 1.54) is 0 Å². The van der Waals surface area contributed by atoms with Gasteiger partial charge in [0.15, 0.2) is 0 Å². The molecule has 1 radical (unpaired) electrons. The molecule has 0 unspecified atom stereocenters. The second-order valence-corrected chi connectivity index (χ2v) is 16.2. The van der Waals surface area contributed by atoms with Crippen LogP contribution in [0, 0.1) is 0 Å². The standard InChI is InChI=1S/C46H55B2N4O6/c1-46(2,3)41-26-37(44(53)51(6)29-35-20-16-33(17-21-35)27-49(4)31-38-12-8-10-14-42(38)48(56)57)24-25-40(41)45(54)52(7)30-36-22-18-34(19-23-36)28-50(5)32-39-13-9-11-15-43(39)58-47-55/h8-26,55-57H,27-32H2,1-7H3. The van der Waals surface area contributed by atoms with Crippen LogP contribution >= 0.6 is 0 Å². The monoisotopic (exact) mass is 781 g/mol. The quantitative estimate of drug-likeness (QED) is 0.108. The molecule has 0 aliphatic rings. The van der Waals surface area contributed by atoms with E-state index in [1.54, 1.807) is 48.2 Å². The first kappa shape index (κ1) is 43.9. The van der Waals surface area contributed by atoms with Crippen LogP contribution in [-0.2, 0) is 44.7 Å². The van der Waals surface area contributed by atoms with E-state index >= 15 is 0 Å². The van der Waals surface area contributed by atoms with E-state index in [2.05, 4.69) is 54.8 Å². The Labute approximate surface area is 344 Å². The van der Waals surface area contributed by atoms with Gasteiger partial charge in [-0.05, 0) is 82.6 Å². The summed E-state index contributed by atoms with van der Waals surface area (Å²) < 4.78 is 5.24. The summed E-state index contributed by atoms with van der Waals surface area (Å²) in [5.74, 6) is 0.381. The summed E-state index contributed by atoms with van der Waals surface area (Å²) in [7, 11) is 6.79. The molecule has 0 fully saturated rings. The molecular weight excluding hydrogens is 726 g/mol. The molecule has 0 heterocycles. The summed E-state index contributed by atoms with van der Waals surface area (Å²) in [4.78, 5) is 35.4. The number of hydrogen-bond acceptors (Lipinski definition) is 8. The van der Waals surface area contributed by atoms with E-state index in [-0.39, 0.29) is 17.2 Å². The predicted molar refractivity (Wildman–Crippen MR) is 231 cm³/mol. The fourth-order valence-electron chi connectivity index (χ4n) is 7.15. The van der Waals surface area contributed by atoms with Gasteiger partial charge in [0.1, 0.15) is 5.75 Å². The second kappa shape index (κ2) is 20.0. The summed E-state index contributed by atoms with van der Waals surface area (Å²) >= 11 is 0. The second-order valence-electron chi connectivity index (χ2n) is 16.2. The van der Waals surface area contributed by atoms with Gasteiger partial charge in [0, 0.05) is 70.1 Å². The number of carbonyl (C=O) groups is 2. The summed E-state index contributed by atoms with van der Waals surface area (Å²) in [5, 5.41) is 28.5. The molecule has 301 valence electrons. The highest BCUT2D eigenvalue weighted by Crippen LogP contribution is 2.29. The molecule has 58 heavy (non-hydrogen) atoms. The summed E-state index contributed by atoms with van der Waals surface area (Å²) in [6.07, 6.45) is 0. The third-order valence-corrected chi connectivity index (χ3v) is 10.2. The molecule has 0 aliphatic heterocycles. The van der Waals surface area contributed by atoms with Crippen molar-refractivity contribution in [1.29, 1.82) is 0 Å². The van der Waals surface area contributed by atoms with Crippen LogP contribution in [-0.4, -0.2) is 89.5 Å². The Balaban J connectivity index is 1.18. The molecular formula is C46H55B2N4O6. The number of para-hydroxylation sites is 1. The maximum Gasteiger partial charge on any atom is 0.569 e. The Morgan fingerprint density at radius 2 is 1.07 bits per heavy atom. The zero-order valence-electron chi connectivity index (χ0n) is 34.7. The van der Waals surface area contributed by atoms with Crippen molar-refractivity contribution in [3.8, 4) is 5.75 Å². The van der Waals surface area contributed by atoms with Gasteiger partial charge in [0.05, 0.1) is 0 Å². The van der Waals surface area contributed by atoms with Crippen molar-refractivity contribution in [3.63, 3.8) is 0 Å². The largest absolute Gasteiger partial charge is 0.569 e. The molecule has 5 rings (SSSR count). The third kappa shape index (κ3) is 11.9. The van der Waals surface area contributed by atoms with Gasteiger partial charge in [-0.1, -0.05) is 112 Å². The van der Waals surface area contributed by atoms with Crippen LogP contribution in [0.5, 0.6) is 5.75 Å². The molecule has 0 aliphatic carbocycles. The zero-order chi connectivity index (χ0) is 42.0. The third-order valence-electron chi connectivity index (χ3n) is 10.2. The lowest BCUT2D eigenvalue weighted by atomic mass is 9.77. The first-order valence-corrected chi connectivity index (χ1v) is 19.5. The Morgan fingerprint density at radius 3 is 1.59 bits per heavy atom. The van der Waals surface area contributed by atoms with Gasteiger partial charge in [0.25, 0.3) is 11.8 Å². The number of benzene rings is 5. The number of rotatable bonds is 17. The van der Waals surface area contributed by atoms with Crippen molar-refractivity contribution < 1.29 is 29.3 Å². The van der Waals surface area contributed by atoms with E-state index in [9.17, 15) is 19.6 Å². The van der Waals surface area contributed by atoms with E-state index in [0.29, 0.717) is 69.3 Å². The molecule has 3 N–H and O–H groups in total. The van der Waals surface area contributed by atoms with Gasteiger partial charge >= 0.3 is 14.8 Å². The van der Waals surface area contributed by atoms with Gasteiger partial charge in [-0.2, -0.15) is 0 Å². The van der Waals surface area contributed by atoms with Gasteiger partial charge in [0.2, 0.25) is 0 Å². The Bertz CT molecular complexity index is 2140. The van der Waals surface area contributed by atoms with Crippen LogP contribution in [0.3, 0.4) is 0 Å².